The number of nitrogens with zero attached hydrogens (tertiary/aromatic N) is 6. The Morgan fingerprint density at radius 3 is 2.46 bits per heavy atom. The second-order valence-corrected chi connectivity index (χ2v) is 7.85. The lowest BCUT2D eigenvalue weighted by Crippen LogP contribution is -2.37. The smallest absolute Gasteiger partial charge is 0.252 e. The van der Waals surface area contributed by atoms with Gasteiger partial charge in [-0.3, -0.25) is 4.57 Å². The number of rotatable bonds is 4. The van der Waals surface area contributed by atoms with Gasteiger partial charge in [0.25, 0.3) is 5.95 Å². The van der Waals surface area contributed by atoms with E-state index in [1.165, 1.54) is 0 Å². The summed E-state index contributed by atoms with van der Waals surface area (Å²) in [5.41, 5.74) is 0.919. The van der Waals surface area contributed by atoms with E-state index >= 15 is 0 Å². The minimum atomic E-state index is -0.159. The third-order valence-corrected chi connectivity index (χ3v) is 4.96. The molecule has 0 amide bonds. The van der Waals surface area contributed by atoms with Gasteiger partial charge in [-0.1, -0.05) is 6.07 Å². The normalized spacial score (nSPS) is 16.4. The second kappa shape index (κ2) is 6.49. The molecular formula is C19H20N6S. The maximum absolute atomic E-state index is 4.66. The van der Waals surface area contributed by atoms with E-state index in [9.17, 15) is 0 Å². The number of hydrazone groups is 1. The fourth-order valence-electron chi connectivity index (χ4n) is 3.02. The molecule has 7 heteroatoms. The molecule has 0 saturated heterocycles. The van der Waals surface area contributed by atoms with Crippen LogP contribution in [0.5, 0.6) is 0 Å². The minimum absolute atomic E-state index is 0.159. The van der Waals surface area contributed by atoms with Crippen LogP contribution in [-0.2, 0) is 0 Å². The van der Waals surface area contributed by atoms with Gasteiger partial charge in [-0.15, -0.1) is 11.3 Å². The summed E-state index contributed by atoms with van der Waals surface area (Å²) in [6.07, 6.45) is 8.68. The molecule has 3 aromatic heterocycles. The van der Waals surface area contributed by atoms with Crippen LogP contribution in [0.3, 0.4) is 0 Å². The Hall–Kier alpha value is -2.80. The molecule has 6 nitrogen and oxygen atoms in total. The van der Waals surface area contributed by atoms with E-state index in [0.717, 1.165) is 17.0 Å². The first-order chi connectivity index (χ1) is 12.5. The first-order valence-electron chi connectivity index (χ1n) is 8.47. The first kappa shape index (κ1) is 16.7. The second-order valence-electron chi connectivity index (χ2n) is 6.87. The average Bonchev–Trinajstić information content (AvgIpc) is 3.33. The van der Waals surface area contributed by atoms with Gasteiger partial charge in [-0.25, -0.2) is 5.01 Å². The SMILES string of the molecule is CC1=NN(c2nc(/C=C/c3cccs3)nc(-n3cccc3)n2)C(C)(C)C1. The van der Waals surface area contributed by atoms with Gasteiger partial charge in [0.05, 0.1) is 5.54 Å². The van der Waals surface area contributed by atoms with E-state index < -0.39 is 0 Å². The molecule has 1 aliphatic rings. The van der Waals surface area contributed by atoms with Gasteiger partial charge < -0.3 is 0 Å². The average molecular weight is 364 g/mol. The molecule has 0 radical (unpaired) electrons. The Morgan fingerprint density at radius 1 is 1.04 bits per heavy atom. The van der Waals surface area contributed by atoms with E-state index in [1.807, 2.05) is 64.6 Å². The molecule has 0 saturated carbocycles. The number of aromatic nitrogens is 4. The molecular weight excluding hydrogens is 344 g/mol. The van der Waals surface area contributed by atoms with Crippen molar-refractivity contribution in [3.63, 3.8) is 0 Å². The summed E-state index contributed by atoms with van der Waals surface area (Å²) in [6, 6.07) is 7.99. The molecule has 0 spiro atoms. The lowest BCUT2D eigenvalue weighted by molar-refractivity contribution is 0.504. The quantitative estimate of drug-likeness (QED) is 0.694. The highest BCUT2D eigenvalue weighted by Gasteiger charge is 2.35. The number of anilines is 1. The van der Waals surface area contributed by atoms with Crippen LogP contribution < -0.4 is 5.01 Å². The molecule has 4 rings (SSSR count). The van der Waals surface area contributed by atoms with Crippen molar-refractivity contribution in [1.82, 2.24) is 19.5 Å². The Balaban J connectivity index is 1.78. The lowest BCUT2D eigenvalue weighted by atomic mass is 9.99. The summed E-state index contributed by atoms with van der Waals surface area (Å²) >= 11 is 1.68. The van der Waals surface area contributed by atoms with E-state index in [-0.39, 0.29) is 5.54 Å². The zero-order valence-electron chi connectivity index (χ0n) is 15.0. The van der Waals surface area contributed by atoms with Crippen LogP contribution >= 0.6 is 11.3 Å². The molecule has 0 atom stereocenters. The molecule has 4 heterocycles. The first-order valence-corrected chi connectivity index (χ1v) is 9.35. The van der Waals surface area contributed by atoms with E-state index in [0.29, 0.717) is 17.7 Å². The maximum atomic E-state index is 4.66. The van der Waals surface area contributed by atoms with Crippen molar-refractivity contribution in [2.45, 2.75) is 32.7 Å². The Morgan fingerprint density at radius 2 is 1.81 bits per heavy atom. The molecule has 1 aliphatic heterocycles. The van der Waals surface area contributed by atoms with Gasteiger partial charge in [0.15, 0.2) is 5.82 Å². The summed E-state index contributed by atoms with van der Waals surface area (Å²) < 4.78 is 1.88. The van der Waals surface area contributed by atoms with Crippen LogP contribution in [-0.4, -0.2) is 30.8 Å². The standard InChI is InChI=1S/C19H20N6S/c1-14-13-19(2,3)25(23-14)18-21-16(9-8-15-7-6-12-26-15)20-17(22-18)24-10-4-5-11-24/h4-12H,13H2,1-3H3/b9-8+. The van der Waals surface area contributed by atoms with E-state index in [4.69, 9.17) is 0 Å². The Labute approximate surface area is 156 Å². The summed E-state index contributed by atoms with van der Waals surface area (Å²) in [5, 5.41) is 8.60. The number of hydrogen-bond acceptors (Lipinski definition) is 6. The third kappa shape index (κ3) is 3.30. The molecule has 0 fully saturated rings. The summed E-state index contributed by atoms with van der Waals surface area (Å²) in [7, 11) is 0. The molecule has 26 heavy (non-hydrogen) atoms. The van der Waals surface area contributed by atoms with Crippen LogP contribution in [0.2, 0.25) is 0 Å². The van der Waals surface area contributed by atoms with Crippen molar-refractivity contribution in [2.24, 2.45) is 5.10 Å². The lowest BCUT2D eigenvalue weighted by Gasteiger charge is -2.28. The van der Waals surface area contributed by atoms with Crippen molar-refractivity contribution < 1.29 is 0 Å². The Bertz CT molecular complexity index is 954. The molecule has 0 unspecified atom stereocenters. The molecule has 0 N–H and O–H groups in total. The molecule has 0 aromatic carbocycles. The molecule has 132 valence electrons. The van der Waals surface area contributed by atoms with Crippen molar-refractivity contribution in [1.29, 1.82) is 0 Å². The van der Waals surface area contributed by atoms with Crippen molar-refractivity contribution in [3.05, 3.63) is 52.7 Å². The predicted octanol–water partition coefficient (Wildman–Crippen LogP) is 4.26. The van der Waals surface area contributed by atoms with Crippen LogP contribution in [0.1, 0.15) is 37.9 Å². The highest BCUT2D eigenvalue weighted by atomic mass is 32.1. The molecule has 0 aliphatic carbocycles. The molecule has 0 bridgehead atoms. The summed E-state index contributed by atoms with van der Waals surface area (Å²) in [5.74, 6) is 1.76. The van der Waals surface area contributed by atoms with Crippen LogP contribution in [0.4, 0.5) is 5.95 Å². The summed E-state index contributed by atoms with van der Waals surface area (Å²) in [4.78, 5) is 15.1. The van der Waals surface area contributed by atoms with Crippen LogP contribution in [0.15, 0.2) is 47.1 Å². The monoisotopic (exact) mass is 364 g/mol. The summed E-state index contributed by atoms with van der Waals surface area (Å²) in [6.45, 7) is 6.33. The van der Waals surface area contributed by atoms with E-state index in [2.05, 4.69) is 40.0 Å². The topological polar surface area (TPSA) is 59.2 Å². The van der Waals surface area contributed by atoms with Crippen molar-refractivity contribution in [3.8, 4) is 5.95 Å². The Kier molecular flexibility index (Phi) is 4.16. The number of thiophene rings is 1. The number of hydrogen-bond donors (Lipinski definition) is 0. The molecule has 3 aromatic rings. The van der Waals surface area contributed by atoms with Gasteiger partial charge in [0, 0.05) is 29.4 Å². The van der Waals surface area contributed by atoms with Crippen molar-refractivity contribution >= 4 is 35.1 Å². The van der Waals surface area contributed by atoms with Gasteiger partial charge >= 0.3 is 0 Å². The fourth-order valence-corrected chi connectivity index (χ4v) is 3.64. The zero-order valence-corrected chi connectivity index (χ0v) is 15.8. The predicted molar refractivity (Wildman–Crippen MR) is 107 cm³/mol. The van der Waals surface area contributed by atoms with E-state index in [1.54, 1.807) is 11.3 Å². The van der Waals surface area contributed by atoms with Crippen LogP contribution in [0, 0.1) is 0 Å². The highest BCUT2D eigenvalue weighted by molar-refractivity contribution is 7.10. The van der Waals surface area contributed by atoms with Crippen LogP contribution in [0.25, 0.3) is 18.1 Å². The third-order valence-electron chi connectivity index (χ3n) is 4.13. The van der Waals surface area contributed by atoms with Gasteiger partial charge in [0.1, 0.15) is 0 Å². The van der Waals surface area contributed by atoms with Gasteiger partial charge in [0.2, 0.25) is 5.95 Å². The van der Waals surface area contributed by atoms with Gasteiger partial charge in [-0.05, 0) is 56.5 Å². The minimum Gasteiger partial charge on any atom is -0.293 e. The largest absolute Gasteiger partial charge is 0.293 e. The maximum Gasteiger partial charge on any atom is 0.252 e. The zero-order chi connectivity index (χ0) is 18.1. The van der Waals surface area contributed by atoms with Crippen molar-refractivity contribution in [2.75, 3.05) is 5.01 Å². The fraction of sp³-hybridized carbons (Fsp3) is 0.263. The van der Waals surface area contributed by atoms with Gasteiger partial charge in [-0.2, -0.15) is 20.1 Å². The highest BCUT2D eigenvalue weighted by Crippen LogP contribution is 2.30.